The van der Waals surface area contributed by atoms with Crippen molar-refractivity contribution in [3.05, 3.63) is 24.4 Å². The largest absolute Gasteiger partial charge is 0.450 e. The average Bonchev–Trinajstić information content (AvgIpc) is 2.79. The van der Waals surface area contributed by atoms with Crippen molar-refractivity contribution in [2.75, 3.05) is 18.5 Å². The highest BCUT2D eigenvalue weighted by Crippen LogP contribution is 2.18. The molecule has 1 aromatic heterocycles. The van der Waals surface area contributed by atoms with E-state index in [9.17, 15) is 4.79 Å². The zero-order valence-corrected chi connectivity index (χ0v) is 11.0. The van der Waals surface area contributed by atoms with E-state index in [4.69, 9.17) is 9.57 Å². The standard InChI is InChI=1S/C13H17N3O3/c1-3-7-19-16-12-6-5-11(8-10(12)9-14-16)15-13(17)18-4-2/h5-6,8-9H,3-4,7H2,1-2H3,(H,15,17). The van der Waals surface area contributed by atoms with Crippen molar-refractivity contribution in [2.24, 2.45) is 0 Å². The van der Waals surface area contributed by atoms with Crippen LogP contribution in [0.25, 0.3) is 10.9 Å². The molecule has 0 aliphatic heterocycles. The molecule has 0 atom stereocenters. The summed E-state index contributed by atoms with van der Waals surface area (Å²) in [6.07, 6.45) is 2.15. The van der Waals surface area contributed by atoms with Crippen LogP contribution in [0.4, 0.5) is 10.5 Å². The molecule has 1 amide bonds. The van der Waals surface area contributed by atoms with Gasteiger partial charge in [0.2, 0.25) is 0 Å². The number of carbonyl (C=O) groups excluding carboxylic acids is 1. The number of hydrogen-bond acceptors (Lipinski definition) is 4. The summed E-state index contributed by atoms with van der Waals surface area (Å²) in [5.74, 6) is 0. The third kappa shape index (κ3) is 3.15. The molecule has 6 heteroatoms. The molecule has 0 bridgehead atoms. The molecule has 6 nitrogen and oxygen atoms in total. The number of rotatable bonds is 5. The quantitative estimate of drug-likeness (QED) is 0.899. The maximum absolute atomic E-state index is 11.3. The molecule has 0 radical (unpaired) electrons. The minimum absolute atomic E-state index is 0.344. The van der Waals surface area contributed by atoms with Gasteiger partial charge in [0.1, 0.15) is 12.1 Å². The Morgan fingerprint density at radius 3 is 3.00 bits per heavy atom. The Bertz CT molecular complexity index is 565. The average molecular weight is 263 g/mol. The van der Waals surface area contributed by atoms with Gasteiger partial charge in [-0.25, -0.2) is 4.79 Å². The van der Waals surface area contributed by atoms with Crippen LogP contribution in [0.5, 0.6) is 0 Å². The van der Waals surface area contributed by atoms with E-state index in [0.717, 1.165) is 17.3 Å². The van der Waals surface area contributed by atoms with Crippen LogP contribution in [0, 0.1) is 0 Å². The molecule has 1 aromatic carbocycles. The fraction of sp³-hybridized carbons (Fsp3) is 0.385. The predicted octanol–water partition coefficient (Wildman–Crippen LogP) is 2.44. The summed E-state index contributed by atoms with van der Waals surface area (Å²) < 4.78 is 4.82. The second kappa shape index (κ2) is 6.08. The van der Waals surface area contributed by atoms with Crippen LogP contribution in [0.15, 0.2) is 24.4 Å². The summed E-state index contributed by atoms with van der Waals surface area (Å²) in [4.78, 5) is 18.3. The van der Waals surface area contributed by atoms with E-state index >= 15 is 0 Å². The number of hydrogen-bond donors (Lipinski definition) is 1. The van der Waals surface area contributed by atoms with Gasteiger partial charge in [0, 0.05) is 11.1 Å². The lowest BCUT2D eigenvalue weighted by Gasteiger charge is -2.06. The molecule has 0 aliphatic rings. The Morgan fingerprint density at radius 1 is 1.42 bits per heavy atom. The molecular formula is C13H17N3O3. The molecule has 0 unspecified atom stereocenters. The Labute approximate surface area is 111 Å². The number of fused-ring (bicyclic) bond motifs is 1. The zero-order chi connectivity index (χ0) is 13.7. The molecule has 1 N–H and O–H groups in total. The van der Waals surface area contributed by atoms with Crippen molar-refractivity contribution in [1.29, 1.82) is 0 Å². The number of benzene rings is 1. The van der Waals surface area contributed by atoms with Crippen molar-refractivity contribution in [2.45, 2.75) is 20.3 Å². The molecule has 19 heavy (non-hydrogen) atoms. The Balaban J connectivity index is 2.15. The molecule has 102 valence electrons. The first-order valence-corrected chi connectivity index (χ1v) is 6.29. The second-order valence-corrected chi connectivity index (χ2v) is 3.97. The highest BCUT2D eigenvalue weighted by atomic mass is 16.7. The van der Waals surface area contributed by atoms with E-state index in [0.29, 0.717) is 18.9 Å². The van der Waals surface area contributed by atoms with E-state index in [1.165, 1.54) is 4.85 Å². The van der Waals surface area contributed by atoms with Crippen molar-refractivity contribution >= 4 is 22.7 Å². The van der Waals surface area contributed by atoms with Gasteiger partial charge in [-0.3, -0.25) is 5.32 Å². The van der Waals surface area contributed by atoms with Gasteiger partial charge in [-0.2, -0.15) is 0 Å². The number of nitrogens with zero attached hydrogens (tertiary/aromatic N) is 2. The lowest BCUT2D eigenvalue weighted by molar-refractivity contribution is 0.0924. The third-order valence-electron chi connectivity index (χ3n) is 2.47. The fourth-order valence-electron chi connectivity index (χ4n) is 1.65. The number of carbonyl (C=O) groups is 1. The number of anilines is 1. The van der Waals surface area contributed by atoms with Gasteiger partial charge < -0.3 is 9.57 Å². The molecule has 2 aromatic rings. The first kappa shape index (κ1) is 13.2. The molecule has 0 saturated carbocycles. The molecule has 1 heterocycles. The highest BCUT2D eigenvalue weighted by molar-refractivity contribution is 5.89. The summed E-state index contributed by atoms with van der Waals surface area (Å²) in [6, 6.07) is 5.46. The van der Waals surface area contributed by atoms with Gasteiger partial charge in [-0.15, -0.1) is 5.10 Å². The van der Waals surface area contributed by atoms with Crippen LogP contribution in [0.1, 0.15) is 20.3 Å². The van der Waals surface area contributed by atoms with Crippen LogP contribution in [-0.4, -0.2) is 29.3 Å². The highest BCUT2D eigenvalue weighted by Gasteiger charge is 2.06. The third-order valence-corrected chi connectivity index (χ3v) is 2.47. The van der Waals surface area contributed by atoms with E-state index < -0.39 is 6.09 Å². The van der Waals surface area contributed by atoms with Crippen molar-refractivity contribution < 1.29 is 14.4 Å². The summed E-state index contributed by atoms with van der Waals surface area (Å²) in [5, 5.41) is 7.68. The summed E-state index contributed by atoms with van der Waals surface area (Å²) >= 11 is 0. The van der Waals surface area contributed by atoms with E-state index in [2.05, 4.69) is 10.4 Å². The minimum Gasteiger partial charge on any atom is -0.450 e. The van der Waals surface area contributed by atoms with Gasteiger partial charge in [-0.05, 0) is 31.5 Å². The minimum atomic E-state index is -0.462. The zero-order valence-electron chi connectivity index (χ0n) is 11.0. The molecule has 0 spiro atoms. The SMILES string of the molecule is CCCOn1ncc2cc(NC(=O)OCC)ccc21. The lowest BCUT2D eigenvalue weighted by Crippen LogP contribution is -2.14. The van der Waals surface area contributed by atoms with Crippen LogP contribution in [0.2, 0.25) is 0 Å². The van der Waals surface area contributed by atoms with Crippen molar-refractivity contribution in [3.63, 3.8) is 0 Å². The fourth-order valence-corrected chi connectivity index (χ4v) is 1.65. The van der Waals surface area contributed by atoms with Crippen molar-refractivity contribution in [1.82, 2.24) is 9.94 Å². The van der Waals surface area contributed by atoms with Crippen molar-refractivity contribution in [3.8, 4) is 0 Å². The summed E-state index contributed by atoms with van der Waals surface area (Å²) in [6.45, 7) is 4.75. The van der Waals surface area contributed by atoms with Crippen LogP contribution < -0.4 is 10.2 Å². The molecule has 0 fully saturated rings. The van der Waals surface area contributed by atoms with E-state index in [1.807, 2.05) is 19.1 Å². The maximum atomic E-state index is 11.3. The van der Waals surface area contributed by atoms with Crippen LogP contribution in [-0.2, 0) is 4.74 Å². The van der Waals surface area contributed by atoms with Gasteiger partial charge >= 0.3 is 6.09 Å². The van der Waals surface area contributed by atoms with E-state index in [1.54, 1.807) is 19.2 Å². The smallest absolute Gasteiger partial charge is 0.411 e. The second-order valence-electron chi connectivity index (χ2n) is 3.97. The Hall–Kier alpha value is -2.24. The van der Waals surface area contributed by atoms with E-state index in [-0.39, 0.29) is 0 Å². The summed E-state index contributed by atoms with van der Waals surface area (Å²) in [5.41, 5.74) is 1.53. The van der Waals surface area contributed by atoms with Gasteiger partial charge in [0.25, 0.3) is 0 Å². The normalized spacial score (nSPS) is 10.4. The summed E-state index contributed by atoms with van der Waals surface area (Å²) in [7, 11) is 0. The Kier molecular flexibility index (Phi) is 4.22. The predicted molar refractivity (Wildman–Crippen MR) is 72.1 cm³/mol. The number of aromatic nitrogens is 2. The topological polar surface area (TPSA) is 65.4 Å². The molecular weight excluding hydrogens is 246 g/mol. The first-order valence-electron chi connectivity index (χ1n) is 6.29. The molecule has 2 rings (SSSR count). The number of nitrogens with one attached hydrogen (secondary N) is 1. The Morgan fingerprint density at radius 2 is 2.26 bits per heavy atom. The maximum Gasteiger partial charge on any atom is 0.411 e. The first-order chi connectivity index (χ1) is 9.24. The number of ether oxygens (including phenoxy) is 1. The monoisotopic (exact) mass is 263 g/mol. The van der Waals surface area contributed by atoms with Gasteiger partial charge in [-0.1, -0.05) is 11.8 Å². The van der Waals surface area contributed by atoms with Crippen LogP contribution in [0.3, 0.4) is 0 Å². The lowest BCUT2D eigenvalue weighted by atomic mass is 10.2. The molecule has 0 saturated heterocycles. The van der Waals surface area contributed by atoms with Gasteiger partial charge in [0.15, 0.2) is 0 Å². The number of amides is 1. The van der Waals surface area contributed by atoms with Gasteiger partial charge in [0.05, 0.1) is 12.8 Å². The van der Waals surface area contributed by atoms with Crippen LogP contribution >= 0.6 is 0 Å². The molecule has 0 aliphatic carbocycles.